The number of nitrogens with zero attached hydrogens (tertiary/aromatic N) is 1. The van der Waals surface area contributed by atoms with Crippen LogP contribution in [0, 0.1) is 5.82 Å². The maximum Gasteiger partial charge on any atom is 0.256 e. The van der Waals surface area contributed by atoms with Crippen LogP contribution < -0.4 is 5.32 Å². The van der Waals surface area contributed by atoms with Crippen LogP contribution in [-0.2, 0) is 9.53 Å². The van der Waals surface area contributed by atoms with E-state index in [2.05, 4.69) is 5.32 Å². The molecule has 6 heteroatoms. The second kappa shape index (κ2) is 7.35. The smallest absolute Gasteiger partial charge is 0.256 e. The largest absolute Gasteiger partial charge is 0.376 e. The van der Waals surface area contributed by atoms with Crippen LogP contribution in [0.5, 0.6) is 0 Å². The van der Waals surface area contributed by atoms with Crippen molar-refractivity contribution in [1.29, 1.82) is 0 Å². The van der Waals surface area contributed by atoms with Crippen LogP contribution in [0.25, 0.3) is 0 Å². The number of halogens is 1. The van der Waals surface area contributed by atoms with Gasteiger partial charge in [-0.1, -0.05) is 0 Å². The van der Waals surface area contributed by atoms with E-state index in [0.29, 0.717) is 18.8 Å². The summed E-state index contributed by atoms with van der Waals surface area (Å²) in [6.45, 7) is 2.50. The van der Waals surface area contributed by atoms with Crippen LogP contribution >= 0.6 is 0 Å². The maximum atomic E-state index is 13.9. The Kier molecular flexibility index (Phi) is 5.49. The minimum atomic E-state index is -0.601. The number of amides is 2. The van der Waals surface area contributed by atoms with Gasteiger partial charge in [-0.05, 0) is 37.5 Å². The number of nitrogens with one attached hydrogen (secondary N) is 1. The zero-order valence-electron chi connectivity index (χ0n) is 12.9. The fourth-order valence-electron chi connectivity index (χ4n) is 2.52. The Balaban J connectivity index is 2.08. The lowest BCUT2D eigenvalue weighted by molar-refractivity contribution is -0.114. The van der Waals surface area contributed by atoms with E-state index in [4.69, 9.17) is 4.74 Å². The van der Waals surface area contributed by atoms with Crippen molar-refractivity contribution in [1.82, 2.24) is 4.90 Å². The van der Waals surface area contributed by atoms with Crippen LogP contribution in [0.4, 0.5) is 10.1 Å². The molecule has 1 fully saturated rings. The molecule has 1 aliphatic rings. The highest BCUT2D eigenvalue weighted by molar-refractivity contribution is 5.97. The lowest BCUT2D eigenvalue weighted by atomic mass is 10.1. The minimum absolute atomic E-state index is 0.00397. The first kappa shape index (κ1) is 16.4. The highest BCUT2D eigenvalue weighted by Gasteiger charge is 2.22. The topological polar surface area (TPSA) is 58.6 Å². The monoisotopic (exact) mass is 308 g/mol. The number of carbonyl (C=O) groups is 2. The van der Waals surface area contributed by atoms with Crippen LogP contribution in [-0.4, -0.2) is 43.0 Å². The van der Waals surface area contributed by atoms with Crippen molar-refractivity contribution in [3.63, 3.8) is 0 Å². The van der Waals surface area contributed by atoms with E-state index in [1.54, 1.807) is 7.05 Å². The van der Waals surface area contributed by atoms with Crippen molar-refractivity contribution in [2.45, 2.75) is 32.3 Å². The first-order chi connectivity index (χ1) is 10.5. The van der Waals surface area contributed by atoms with E-state index in [0.717, 1.165) is 19.3 Å². The summed E-state index contributed by atoms with van der Waals surface area (Å²) in [5.74, 6) is -1.29. The number of ether oxygens (including phenoxy) is 1. The zero-order chi connectivity index (χ0) is 16.1. The van der Waals surface area contributed by atoms with Crippen molar-refractivity contribution < 1.29 is 18.7 Å². The summed E-state index contributed by atoms with van der Waals surface area (Å²) >= 11 is 0. The average molecular weight is 308 g/mol. The van der Waals surface area contributed by atoms with Crippen LogP contribution in [0.15, 0.2) is 18.2 Å². The molecule has 1 aliphatic heterocycles. The summed E-state index contributed by atoms with van der Waals surface area (Å²) in [6, 6.07) is 3.97. The van der Waals surface area contributed by atoms with Crippen molar-refractivity contribution in [2.75, 3.05) is 25.5 Å². The number of rotatable bonds is 4. The molecule has 1 aromatic carbocycles. The number of benzene rings is 1. The summed E-state index contributed by atoms with van der Waals surface area (Å²) in [7, 11) is 1.63. The van der Waals surface area contributed by atoms with Gasteiger partial charge < -0.3 is 15.0 Å². The third kappa shape index (κ3) is 4.27. The van der Waals surface area contributed by atoms with Gasteiger partial charge in [0.2, 0.25) is 5.91 Å². The predicted octanol–water partition coefficient (Wildman–Crippen LogP) is 2.43. The van der Waals surface area contributed by atoms with E-state index >= 15 is 0 Å². The predicted molar refractivity (Wildman–Crippen MR) is 81.3 cm³/mol. The van der Waals surface area contributed by atoms with E-state index in [-0.39, 0.29) is 17.6 Å². The maximum absolute atomic E-state index is 13.9. The summed E-state index contributed by atoms with van der Waals surface area (Å²) in [5.41, 5.74) is 0.351. The number of hydrogen-bond acceptors (Lipinski definition) is 3. The number of hydrogen-bond donors (Lipinski definition) is 1. The molecule has 1 N–H and O–H groups in total. The molecule has 0 saturated carbocycles. The van der Waals surface area contributed by atoms with E-state index in [1.807, 2.05) is 0 Å². The highest BCUT2D eigenvalue weighted by Crippen LogP contribution is 2.18. The fraction of sp³-hybridized carbons (Fsp3) is 0.500. The molecule has 2 amide bonds. The molecular weight excluding hydrogens is 287 g/mol. The standard InChI is InChI=1S/C16H21FN2O3/c1-11(20)18-12-6-7-15(17)14(9-12)16(21)19(2)10-13-5-3-4-8-22-13/h6-7,9,13H,3-5,8,10H2,1-2H3,(H,18,20)/t13-/m0/s1. The summed E-state index contributed by atoms with van der Waals surface area (Å²) in [5, 5.41) is 2.55. The quantitative estimate of drug-likeness (QED) is 0.929. The Labute approximate surface area is 129 Å². The van der Waals surface area contributed by atoms with E-state index in [9.17, 15) is 14.0 Å². The van der Waals surface area contributed by atoms with Gasteiger partial charge in [-0.25, -0.2) is 4.39 Å². The molecule has 1 atom stereocenters. The third-order valence-corrected chi connectivity index (χ3v) is 3.62. The zero-order valence-corrected chi connectivity index (χ0v) is 12.9. The van der Waals surface area contributed by atoms with Gasteiger partial charge in [0, 0.05) is 32.8 Å². The molecule has 0 spiro atoms. The minimum Gasteiger partial charge on any atom is -0.376 e. The van der Waals surface area contributed by atoms with Gasteiger partial charge in [-0.2, -0.15) is 0 Å². The number of likely N-dealkylation sites (N-methyl/N-ethyl adjacent to an activating group) is 1. The summed E-state index contributed by atoms with van der Waals surface area (Å²) in [4.78, 5) is 24.9. The summed E-state index contributed by atoms with van der Waals surface area (Å²) < 4.78 is 19.5. The molecule has 1 saturated heterocycles. The SMILES string of the molecule is CC(=O)Nc1ccc(F)c(C(=O)N(C)C[C@@H]2CCCCO2)c1. The van der Waals surface area contributed by atoms with Crippen molar-refractivity contribution >= 4 is 17.5 Å². The molecular formula is C16H21FN2O3. The molecule has 2 rings (SSSR count). The van der Waals surface area contributed by atoms with Gasteiger partial charge in [0.15, 0.2) is 0 Å². The number of anilines is 1. The highest BCUT2D eigenvalue weighted by atomic mass is 19.1. The normalized spacial score (nSPS) is 17.9. The van der Waals surface area contributed by atoms with Gasteiger partial charge in [0.25, 0.3) is 5.91 Å². The molecule has 5 nitrogen and oxygen atoms in total. The molecule has 1 heterocycles. The fourth-order valence-corrected chi connectivity index (χ4v) is 2.52. The van der Waals surface area contributed by atoms with E-state index < -0.39 is 11.7 Å². The second-order valence-electron chi connectivity index (χ2n) is 5.55. The van der Waals surface area contributed by atoms with Crippen LogP contribution in [0.3, 0.4) is 0 Å². The average Bonchev–Trinajstić information content (AvgIpc) is 2.49. The van der Waals surface area contributed by atoms with Gasteiger partial charge in [-0.3, -0.25) is 9.59 Å². The number of carbonyl (C=O) groups excluding carboxylic acids is 2. The molecule has 1 aromatic rings. The van der Waals surface area contributed by atoms with Crippen molar-refractivity contribution in [3.05, 3.63) is 29.6 Å². The van der Waals surface area contributed by atoms with Crippen molar-refractivity contribution in [2.24, 2.45) is 0 Å². The molecule has 22 heavy (non-hydrogen) atoms. The van der Waals surface area contributed by atoms with Crippen LogP contribution in [0.2, 0.25) is 0 Å². The lowest BCUT2D eigenvalue weighted by Crippen LogP contribution is -2.37. The van der Waals surface area contributed by atoms with E-state index in [1.165, 1.54) is 30.0 Å². The van der Waals surface area contributed by atoms with Crippen LogP contribution in [0.1, 0.15) is 36.5 Å². The van der Waals surface area contributed by atoms with Gasteiger partial charge >= 0.3 is 0 Å². The molecule has 120 valence electrons. The molecule has 0 aromatic heterocycles. The molecule has 0 unspecified atom stereocenters. The Morgan fingerprint density at radius 3 is 2.82 bits per heavy atom. The molecule has 0 bridgehead atoms. The molecule has 0 aliphatic carbocycles. The Morgan fingerprint density at radius 1 is 1.41 bits per heavy atom. The van der Waals surface area contributed by atoms with Crippen molar-refractivity contribution in [3.8, 4) is 0 Å². The summed E-state index contributed by atoms with van der Waals surface area (Å²) in [6.07, 6.45) is 3.04. The first-order valence-corrected chi connectivity index (χ1v) is 7.41. The third-order valence-electron chi connectivity index (χ3n) is 3.62. The van der Waals surface area contributed by atoms with Gasteiger partial charge in [-0.15, -0.1) is 0 Å². The lowest BCUT2D eigenvalue weighted by Gasteiger charge is -2.27. The second-order valence-corrected chi connectivity index (χ2v) is 5.55. The molecule has 0 radical (unpaired) electrons. The van der Waals surface area contributed by atoms with Gasteiger partial charge in [0.05, 0.1) is 11.7 Å². The van der Waals surface area contributed by atoms with Gasteiger partial charge in [0.1, 0.15) is 5.82 Å². The Morgan fingerprint density at radius 2 is 2.18 bits per heavy atom. The first-order valence-electron chi connectivity index (χ1n) is 7.41. The Hall–Kier alpha value is -1.95. The Bertz CT molecular complexity index is 556.